The minimum Gasteiger partial charge on any atom is -0.497 e. The van der Waals surface area contributed by atoms with Gasteiger partial charge in [0.15, 0.2) is 3.72 Å². The molecule has 0 atom stereocenters. The molecular formula is C12H7ClF8INO. The van der Waals surface area contributed by atoms with Crippen LogP contribution in [0.3, 0.4) is 0 Å². The Labute approximate surface area is 149 Å². The first-order chi connectivity index (χ1) is 10.7. The van der Waals surface area contributed by atoms with Gasteiger partial charge in [-0.2, -0.15) is 35.1 Å². The van der Waals surface area contributed by atoms with Crippen LogP contribution in [0.15, 0.2) is 29.3 Å². The average Bonchev–Trinajstić information content (AvgIpc) is 2.46. The lowest BCUT2D eigenvalue weighted by atomic mass is 10.1. The van der Waals surface area contributed by atoms with Crippen molar-refractivity contribution in [3.63, 3.8) is 0 Å². The van der Waals surface area contributed by atoms with Crippen molar-refractivity contribution in [2.45, 2.75) is 23.1 Å². The maximum Gasteiger partial charge on any atom is 0.393 e. The van der Waals surface area contributed by atoms with Crippen LogP contribution < -0.4 is 4.74 Å². The molecule has 0 aliphatic carbocycles. The third-order valence-electron chi connectivity index (χ3n) is 2.70. The summed E-state index contributed by atoms with van der Waals surface area (Å²) in [6.07, 6.45) is 0. The van der Waals surface area contributed by atoms with E-state index >= 15 is 0 Å². The summed E-state index contributed by atoms with van der Waals surface area (Å²) in [5.74, 6) is -18.4. The Kier molecular flexibility index (Phi) is 6.01. The topological polar surface area (TPSA) is 21.6 Å². The minimum absolute atomic E-state index is 0.286. The zero-order chi connectivity index (χ0) is 19.0. The molecule has 0 unspecified atom stereocenters. The van der Waals surface area contributed by atoms with Crippen molar-refractivity contribution in [3.8, 4) is 5.75 Å². The van der Waals surface area contributed by atoms with Crippen molar-refractivity contribution in [2.24, 2.45) is 4.99 Å². The average molecular weight is 496 g/mol. The summed E-state index contributed by atoms with van der Waals surface area (Å²) < 4.78 is 108. The highest BCUT2D eigenvalue weighted by Crippen LogP contribution is 2.55. The zero-order valence-corrected chi connectivity index (χ0v) is 14.4. The summed E-state index contributed by atoms with van der Waals surface area (Å²) in [6.45, 7) is 0. The molecule has 0 spiro atoms. The second-order valence-electron chi connectivity index (χ2n) is 4.32. The number of aliphatic imine (C=N–C) groups is 1. The summed E-state index contributed by atoms with van der Waals surface area (Å²) in [5.41, 5.74) is -0.309. The van der Waals surface area contributed by atoms with E-state index in [1.54, 1.807) is 0 Å². The van der Waals surface area contributed by atoms with Crippen LogP contribution in [0, 0.1) is 0 Å². The van der Waals surface area contributed by atoms with E-state index in [4.69, 9.17) is 4.74 Å². The largest absolute Gasteiger partial charge is 0.497 e. The molecule has 136 valence electrons. The molecule has 0 saturated heterocycles. The Bertz CT molecular complexity index is 614. The van der Waals surface area contributed by atoms with Gasteiger partial charge >= 0.3 is 23.1 Å². The maximum atomic E-state index is 13.7. The lowest BCUT2D eigenvalue weighted by Gasteiger charge is -2.33. The van der Waals surface area contributed by atoms with Gasteiger partial charge in [-0.1, -0.05) is 0 Å². The van der Waals surface area contributed by atoms with Gasteiger partial charge in [0, 0.05) is 0 Å². The van der Waals surface area contributed by atoms with Gasteiger partial charge in [-0.15, -0.1) is 0 Å². The summed E-state index contributed by atoms with van der Waals surface area (Å²) in [4.78, 5) is 3.06. The molecule has 0 saturated carbocycles. The molecule has 1 aromatic rings. The van der Waals surface area contributed by atoms with E-state index < -0.39 is 26.9 Å². The predicted molar refractivity (Wildman–Crippen MR) is 79.7 cm³/mol. The molecule has 0 aromatic heterocycles. The quantitative estimate of drug-likeness (QED) is 0.209. The van der Waals surface area contributed by atoms with Crippen LogP contribution in [-0.2, 0) is 0 Å². The monoisotopic (exact) mass is 495 g/mol. The normalized spacial score (nSPS) is 14.7. The van der Waals surface area contributed by atoms with E-state index in [9.17, 15) is 35.1 Å². The molecule has 0 bridgehead atoms. The number of ether oxygens (including phenoxy) is 1. The molecule has 1 rings (SSSR count). The number of hydrogen-bond acceptors (Lipinski definition) is 2. The summed E-state index contributed by atoms with van der Waals surface area (Å²) in [6, 6.07) is 4.61. The SMILES string of the molecule is COc1ccc(N=C(I)C(F)(F)C(F)(F)C(F)(F)C(F)(F)Cl)cc1. The first-order valence-electron chi connectivity index (χ1n) is 5.77. The first kappa shape index (κ1) is 21.2. The number of methoxy groups -OCH3 is 1. The van der Waals surface area contributed by atoms with Crippen LogP contribution in [0.5, 0.6) is 5.75 Å². The summed E-state index contributed by atoms with van der Waals surface area (Å²) in [7, 11) is 1.30. The number of rotatable bonds is 6. The van der Waals surface area contributed by atoms with Gasteiger partial charge in [0.25, 0.3) is 0 Å². The van der Waals surface area contributed by atoms with Crippen LogP contribution in [0.1, 0.15) is 0 Å². The van der Waals surface area contributed by atoms with E-state index in [0.29, 0.717) is 22.6 Å². The van der Waals surface area contributed by atoms with Crippen molar-refractivity contribution in [3.05, 3.63) is 24.3 Å². The molecule has 0 aliphatic rings. The molecule has 0 aliphatic heterocycles. The highest BCUT2D eigenvalue weighted by Gasteiger charge is 2.81. The van der Waals surface area contributed by atoms with Crippen molar-refractivity contribution < 1.29 is 39.9 Å². The number of hydrogen-bond donors (Lipinski definition) is 0. The Morgan fingerprint density at radius 2 is 1.42 bits per heavy atom. The van der Waals surface area contributed by atoms with Gasteiger partial charge in [0.05, 0.1) is 12.8 Å². The second kappa shape index (κ2) is 6.81. The van der Waals surface area contributed by atoms with Gasteiger partial charge in [-0.25, -0.2) is 4.99 Å². The van der Waals surface area contributed by atoms with E-state index in [0.717, 1.165) is 12.1 Å². The van der Waals surface area contributed by atoms with Crippen LogP contribution in [-0.4, -0.2) is 34.0 Å². The molecule has 0 N–H and O–H groups in total. The molecule has 0 fully saturated rings. The van der Waals surface area contributed by atoms with E-state index in [1.165, 1.54) is 19.2 Å². The Morgan fingerprint density at radius 1 is 0.958 bits per heavy atom. The van der Waals surface area contributed by atoms with Crippen molar-refractivity contribution in [1.29, 1.82) is 0 Å². The Morgan fingerprint density at radius 3 is 1.79 bits per heavy atom. The number of nitrogens with zero attached hydrogens (tertiary/aromatic N) is 1. The van der Waals surface area contributed by atoms with Crippen LogP contribution >= 0.6 is 34.2 Å². The van der Waals surface area contributed by atoms with Crippen molar-refractivity contribution in [1.82, 2.24) is 0 Å². The molecule has 12 heteroatoms. The maximum absolute atomic E-state index is 13.7. The fourth-order valence-electron chi connectivity index (χ4n) is 1.35. The van der Waals surface area contributed by atoms with E-state index in [2.05, 4.69) is 16.6 Å². The molecule has 0 amide bonds. The van der Waals surface area contributed by atoms with Gasteiger partial charge in [0.2, 0.25) is 0 Å². The van der Waals surface area contributed by atoms with Crippen LogP contribution in [0.25, 0.3) is 0 Å². The van der Waals surface area contributed by atoms with Crippen LogP contribution in [0.4, 0.5) is 40.8 Å². The van der Waals surface area contributed by atoms with Gasteiger partial charge in [-0.3, -0.25) is 0 Å². The fourth-order valence-corrected chi connectivity index (χ4v) is 2.08. The van der Waals surface area contributed by atoms with Gasteiger partial charge < -0.3 is 4.74 Å². The third-order valence-corrected chi connectivity index (χ3v) is 3.86. The minimum atomic E-state index is -6.52. The van der Waals surface area contributed by atoms with Crippen LogP contribution in [0.2, 0.25) is 0 Å². The number of alkyl halides is 9. The zero-order valence-electron chi connectivity index (χ0n) is 11.4. The standard InChI is InChI=1S/C12H7ClF8INO/c1-24-7-4-2-6(3-5-7)23-8(22)9(14,15)10(16,17)11(18,19)12(13,20)21/h2-5H,1H3. The van der Waals surface area contributed by atoms with E-state index in [1.807, 2.05) is 0 Å². The third kappa shape index (κ3) is 3.70. The first-order valence-corrected chi connectivity index (χ1v) is 7.23. The lowest BCUT2D eigenvalue weighted by Crippen LogP contribution is -2.62. The lowest BCUT2D eigenvalue weighted by molar-refractivity contribution is -0.329. The number of halogens is 10. The van der Waals surface area contributed by atoms with Crippen molar-refractivity contribution >= 4 is 43.6 Å². The Balaban J connectivity index is 3.27. The summed E-state index contributed by atoms with van der Waals surface area (Å²) >= 11 is 4.43. The van der Waals surface area contributed by atoms with Gasteiger partial charge in [-0.05, 0) is 58.5 Å². The molecule has 1 aromatic carbocycles. The molecule has 0 heterocycles. The van der Waals surface area contributed by atoms with Gasteiger partial charge in [0.1, 0.15) is 5.75 Å². The molecular weight excluding hydrogens is 488 g/mol. The highest BCUT2D eigenvalue weighted by atomic mass is 127. The smallest absolute Gasteiger partial charge is 0.393 e. The molecule has 0 radical (unpaired) electrons. The number of benzene rings is 1. The highest BCUT2D eigenvalue weighted by molar-refractivity contribution is 14.1. The Hall–Kier alpha value is -0.850. The molecule has 24 heavy (non-hydrogen) atoms. The fraction of sp³-hybridized carbons (Fsp3) is 0.417. The van der Waals surface area contributed by atoms with E-state index in [-0.39, 0.29) is 11.4 Å². The predicted octanol–water partition coefficient (Wildman–Crippen LogP) is 5.90. The summed E-state index contributed by atoms with van der Waals surface area (Å²) in [5, 5.41) is -5.89. The molecule has 2 nitrogen and oxygen atoms in total. The van der Waals surface area contributed by atoms with Crippen molar-refractivity contribution in [2.75, 3.05) is 7.11 Å². The second-order valence-corrected chi connectivity index (χ2v) is 5.82.